The summed E-state index contributed by atoms with van der Waals surface area (Å²) in [6.07, 6.45) is 6.19. The van der Waals surface area contributed by atoms with Gasteiger partial charge >= 0.3 is 0 Å². The second kappa shape index (κ2) is 18.4. The number of fused-ring (bicyclic) bond motifs is 1. The first-order valence-corrected chi connectivity index (χ1v) is 20.9. The van der Waals surface area contributed by atoms with E-state index in [4.69, 9.17) is 37.7 Å². The number of anilines is 1. The fourth-order valence-corrected chi connectivity index (χ4v) is 9.45. The number of imide groups is 1. The van der Waals surface area contributed by atoms with Crippen molar-refractivity contribution < 1.29 is 28.7 Å². The van der Waals surface area contributed by atoms with Crippen molar-refractivity contribution in [2.24, 2.45) is 5.41 Å². The Balaban J connectivity index is 0.862. The number of H-pyrrole nitrogens is 1. The summed E-state index contributed by atoms with van der Waals surface area (Å²) in [5.74, 6) is 1.85. The molecule has 2 N–H and O–H groups in total. The minimum atomic E-state index is -1.07. The Bertz CT molecular complexity index is 2310. The molecule has 3 amide bonds. The van der Waals surface area contributed by atoms with Crippen LogP contribution in [0.15, 0.2) is 67.1 Å². The van der Waals surface area contributed by atoms with Crippen LogP contribution in [0.1, 0.15) is 53.8 Å². The van der Waals surface area contributed by atoms with E-state index in [0.717, 1.165) is 71.2 Å². The number of aromatic nitrogens is 4. The van der Waals surface area contributed by atoms with Gasteiger partial charge in [0.15, 0.2) is 0 Å². The van der Waals surface area contributed by atoms with Crippen molar-refractivity contribution in [2.75, 3.05) is 50.5 Å². The average Bonchev–Trinajstić information content (AvgIpc) is 3.62. The van der Waals surface area contributed by atoms with Crippen LogP contribution in [0.5, 0.6) is 11.5 Å². The van der Waals surface area contributed by atoms with Crippen molar-refractivity contribution in [1.82, 2.24) is 34.7 Å². The summed E-state index contributed by atoms with van der Waals surface area (Å²) in [5.41, 5.74) is 4.33. The zero-order chi connectivity index (χ0) is 41.7. The van der Waals surface area contributed by atoms with Crippen LogP contribution in [0.4, 0.5) is 5.82 Å². The van der Waals surface area contributed by atoms with Gasteiger partial charge in [0.25, 0.3) is 5.91 Å². The zero-order valence-electron chi connectivity index (χ0n) is 32.8. The second-order valence-corrected chi connectivity index (χ2v) is 16.8. The third-order valence-electron chi connectivity index (χ3n) is 10.6. The van der Waals surface area contributed by atoms with E-state index < -0.39 is 18.1 Å². The Morgan fingerprint density at radius 1 is 1.07 bits per heavy atom. The Hall–Kier alpha value is -5.22. The molecule has 0 bridgehead atoms. The minimum absolute atomic E-state index is 0.000894. The summed E-state index contributed by atoms with van der Waals surface area (Å²) < 4.78 is 14.7. The first-order chi connectivity index (χ1) is 28.5. The van der Waals surface area contributed by atoms with Crippen LogP contribution in [0.2, 0.25) is 10.0 Å². The molecule has 0 radical (unpaired) electrons. The maximum atomic E-state index is 13.5. The standard InChI is InChI=1S/C42H44Cl2N8O6S/c1-26-6-4-7-35(38(26)41(56)52(25-54)29(20-53)9-13-37(55)45-3)57-14-5-15-59-51-23-42(24-51)21-50(22-42)36-12-8-28(17-47-36)40-31-16-30(10-11-34(31)48-49-40)58-27(2)39-32(43)18-46-19-33(39)44/h4,6-8,10-12,16-20,25,27,29H,5,9,13-15,21-24H2,1-3H3,(H,45,55)(H,48,49)/t27-,29?/m1/s1. The van der Waals surface area contributed by atoms with Crippen molar-refractivity contribution in [1.29, 1.82) is 0 Å². The van der Waals surface area contributed by atoms with Crippen molar-refractivity contribution >= 4 is 76.4 Å². The van der Waals surface area contributed by atoms with Gasteiger partial charge in [-0.05, 0) is 68.7 Å². The van der Waals surface area contributed by atoms with Gasteiger partial charge in [0.2, 0.25) is 12.3 Å². The molecule has 17 heteroatoms. The van der Waals surface area contributed by atoms with E-state index in [2.05, 4.69) is 29.7 Å². The number of ether oxygens (including phenoxy) is 2. The number of aryl methyl sites for hydroxylation is 1. The van der Waals surface area contributed by atoms with E-state index in [-0.39, 0.29) is 29.7 Å². The van der Waals surface area contributed by atoms with E-state index in [0.29, 0.717) is 52.0 Å². The summed E-state index contributed by atoms with van der Waals surface area (Å²) in [6.45, 7) is 7.88. The fraction of sp³-hybridized carbons (Fsp3) is 0.357. The molecule has 308 valence electrons. The van der Waals surface area contributed by atoms with Gasteiger partial charge < -0.3 is 24.5 Å². The Labute approximate surface area is 356 Å². The van der Waals surface area contributed by atoms with E-state index in [1.807, 2.05) is 43.5 Å². The molecule has 2 fully saturated rings. The van der Waals surface area contributed by atoms with Crippen LogP contribution in [0, 0.1) is 12.3 Å². The van der Waals surface area contributed by atoms with Gasteiger partial charge in [0.05, 0.1) is 33.8 Å². The number of rotatable bonds is 18. The van der Waals surface area contributed by atoms with E-state index in [1.54, 1.807) is 49.5 Å². The normalized spacial score (nSPS) is 15.5. The lowest BCUT2D eigenvalue weighted by atomic mass is 9.74. The maximum absolute atomic E-state index is 13.5. The molecule has 0 saturated carbocycles. The van der Waals surface area contributed by atoms with Crippen molar-refractivity contribution in [2.45, 2.75) is 45.3 Å². The van der Waals surface area contributed by atoms with Gasteiger partial charge in [-0.3, -0.25) is 29.4 Å². The van der Waals surface area contributed by atoms with Crippen LogP contribution >= 0.6 is 35.1 Å². The third-order valence-corrected chi connectivity index (χ3v) is 12.3. The van der Waals surface area contributed by atoms with E-state index in [1.165, 1.54) is 7.05 Å². The number of halogens is 2. The number of aromatic amines is 1. The molecular formula is C42H44Cl2N8O6S. The van der Waals surface area contributed by atoms with Crippen molar-refractivity contribution in [3.8, 4) is 22.8 Å². The Morgan fingerprint density at radius 3 is 2.54 bits per heavy atom. The number of carbonyl (C=O) groups is 4. The smallest absolute Gasteiger partial charge is 0.264 e. The lowest BCUT2D eigenvalue weighted by molar-refractivity contribution is -0.125. The number of pyridine rings is 2. The van der Waals surface area contributed by atoms with Crippen LogP contribution in [-0.4, -0.2) is 106 Å². The predicted molar refractivity (Wildman–Crippen MR) is 228 cm³/mol. The molecule has 0 aliphatic carbocycles. The number of nitrogens with zero attached hydrogens (tertiary/aromatic N) is 6. The molecule has 2 aliphatic heterocycles. The minimum Gasteiger partial charge on any atom is -0.493 e. The number of benzene rings is 2. The van der Waals surface area contributed by atoms with Crippen LogP contribution in [0.25, 0.3) is 22.2 Å². The van der Waals surface area contributed by atoms with Gasteiger partial charge in [0, 0.05) is 85.9 Å². The van der Waals surface area contributed by atoms with Crippen molar-refractivity contribution in [3.05, 3.63) is 93.9 Å². The number of amides is 3. The zero-order valence-corrected chi connectivity index (χ0v) is 35.1. The van der Waals surface area contributed by atoms with E-state index in [9.17, 15) is 19.2 Å². The largest absolute Gasteiger partial charge is 0.493 e. The lowest BCUT2D eigenvalue weighted by Gasteiger charge is -2.60. The third kappa shape index (κ3) is 9.18. The molecule has 1 spiro atoms. The summed E-state index contributed by atoms with van der Waals surface area (Å²) >= 11 is 14.5. The number of aldehydes is 1. The Morgan fingerprint density at radius 2 is 1.85 bits per heavy atom. The van der Waals surface area contributed by atoms with Crippen LogP contribution in [-0.2, 0) is 14.4 Å². The molecule has 14 nitrogen and oxygen atoms in total. The average molecular weight is 860 g/mol. The summed E-state index contributed by atoms with van der Waals surface area (Å²) in [4.78, 5) is 60.9. The summed E-state index contributed by atoms with van der Waals surface area (Å²) in [7, 11) is 1.48. The van der Waals surface area contributed by atoms with Gasteiger partial charge in [-0.25, -0.2) is 9.29 Å². The number of hydrogen-bond donors (Lipinski definition) is 2. The Kier molecular flexibility index (Phi) is 13.0. The van der Waals surface area contributed by atoms with Gasteiger partial charge in [0.1, 0.15) is 35.4 Å². The molecule has 3 aromatic heterocycles. The highest BCUT2D eigenvalue weighted by Gasteiger charge is 2.52. The molecule has 7 rings (SSSR count). The number of hydrogen-bond acceptors (Lipinski definition) is 12. The number of carbonyl (C=O) groups excluding carboxylic acids is 4. The monoisotopic (exact) mass is 858 g/mol. The quantitative estimate of drug-likeness (QED) is 0.0545. The molecule has 1 unspecified atom stereocenters. The lowest BCUT2D eigenvalue weighted by Crippen LogP contribution is -2.70. The SMILES string of the molecule is CNC(=O)CCC(C=O)N(C=O)C(=O)c1c(C)cccc1OCCCSN1CC2(C1)CN(c1ccc(-c3n[nH]c4ccc(O[C@H](C)c5c(Cl)cncc5Cl)cc34)cn1)C2. The molecule has 5 heterocycles. The van der Waals surface area contributed by atoms with Gasteiger partial charge in [-0.15, -0.1) is 0 Å². The molecule has 2 saturated heterocycles. The molecular weight excluding hydrogens is 815 g/mol. The highest BCUT2D eigenvalue weighted by atomic mass is 35.5. The molecule has 2 aromatic carbocycles. The highest BCUT2D eigenvalue weighted by Crippen LogP contribution is 2.44. The topological polar surface area (TPSA) is 163 Å². The molecule has 5 aromatic rings. The maximum Gasteiger partial charge on any atom is 0.264 e. The van der Waals surface area contributed by atoms with Gasteiger partial charge in [-0.1, -0.05) is 47.3 Å². The summed E-state index contributed by atoms with van der Waals surface area (Å²) in [6, 6.07) is 14.0. The molecule has 59 heavy (non-hydrogen) atoms. The molecule has 2 atom stereocenters. The molecule has 2 aliphatic rings. The first kappa shape index (κ1) is 41.9. The fourth-order valence-electron chi connectivity index (χ4n) is 7.54. The van der Waals surface area contributed by atoms with E-state index >= 15 is 0 Å². The van der Waals surface area contributed by atoms with Crippen molar-refractivity contribution in [3.63, 3.8) is 0 Å². The van der Waals surface area contributed by atoms with Gasteiger partial charge in [-0.2, -0.15) is 5.10 Å². The highest BCUT2D eigenvalue weighted by molar-refractivity contribution is 7.97. The summed E-state index contributed by atoms with van der Waals surface area (Å²) in [5, 5.41) is 12.0. The van der Waals surface area contributed by atoms with Crippen LogP contribution < -0.4 is 19.7 Å². The first-order valence-electron chi connectivity index (χ1n) is 19.2. The number of nitrogens with one attached hydrogen (secondary N) is 2. The predicted octanol–water partition coefficient (Wildman–Crippen LogP) is 6.71. The van der Waals surface area contributed by atoms with Crippen LogP contribution in [0.3, 0.4) is 0 Å². The second-order valence-electron chi connectivity index (χ2n) is 14.8.